The molecule has 2 amide bonds. The zero-order chi connectivity index (χ0) is 23.7. The van der Waals surface area contributed by atoms with Crippen molar-refractivity contribution in [1.82, 2.24) is 10.2 Å². The molecule has 0 aliphatic carbocycles. The standard InChI is InChI=1S/C24H28ClN3O4S/c25-21-7-3-4-8-22(21)27-33(31,32)20-12-9-19(10-13-20)11-14-23(29)26-16-15-24(30)28-17-5-1-2-6-18-28/h3-4,7-14,27H,1-2,5-6,15-18H2,(H,26,29)/b14-11+. The minimum absolute atomic E-state index is 0.0726. The van der Waals surface area contributed by atoms with Crippen molar-refractivity contribution in [3.8, 4) is 0 Å². The molecule has 1 aliphatic rings. The van der Waals surface area contributed by atoms with E-state index in [1.54, 1.807) is 42.5 Å². The second kappa shape index (κ2) is 11.9. The van der Waals surface area contributed by atoms with E-state index in [0.717, 1.165) is 38.8 Å². The van der Waals surface area contributed by atoms with Gasteiger partial charge >= 0.3 is 0 Å². The molecule has 0 spiro atoms. The molecule has 9 heteroatoms. The first-order valence-electron chi connectivity index (χ1n) is 11.0. The molecule has 1 fully saturated rings. The van der Waals surface area contributed by atoms with Gasteiger partial charge in [-0.05, 0) is 48.7 Å². The lowest BCUT2D eigenvalue weighted by Crippen LogP contribution is -2.34. The Kier molecular flexibility index (Phi) is 8.91. The van der Waals surface area contributed by atoms with Crippen LogP contribution in [0.15, 0.2) is 59.5 Å². The van der Waals surface area contributed by atoms with Gasteiger partial charge in [0.15, 0.2) is 0 Å². The molecule has 2 aromatic rings. The molecule has 1 aliphatic heterocycles. The summed E-state index contributed by atoms with van der Waals surface area (Å²) in [6, 6.07) is 12.7. The third kappa shape index (κ3) is 7.61. The van der Waals surface area contributed by atoms with Crippen LogP contribution in [0.3, 0.4) is 0 Å². The molecule has 0 unspecified atom stereocenters. The van der Waals surface area contributed by atoms with Gasteiger partial charge in [0.25, 0.3) is 10.0 Å². The van der Waals surface area contributed by atoms with Gasteiger partial charge in [0.2, 0.25) is 11.8 Å². The summed E-state index contributed by atoms with van der Waals surface area (Å²) in [7, 11) is -3.79. The average molecular weight is 490 g/mol. The van der Waals surface area contributed by atoms with Crippen LogP contribution < -0.4 is 10.0 Å². The van der Waals surface area contributed by atoms with Gasteiger partial charge in [-0.3, -0.25) is 14.3 Å². The first kappa shape index (κ1) is 24.8. The summed E-state index contributed by atoms with van der Waals surface area (Å²) in [6.45, 7) is 1.88. The minimum Gasteiger partial charge on any atom is -0.352 e. The van der Waals surface area contributed by atoms with E-state index in [4.69, 9.17) is 11.6 Å². The molecular weight excluding hydrogens is 462 g/mol. The molecule has 1 heterocycles. The third-order valence-corrected chi connectivity index (χ3v) is 7.04. The number of amides is 2. The maximum atomic E-state index is 12.6. The van der Waals surface area contributed by atoms with E-state index in [0.29, 0.717) is 16.3 Å². The number of likely N-dealkylation sites (tertiary alicyclic amines) is 1. The van der Waals surface area contributed by atoms with Gasteiger partial charge in [0, 0.05) is 32.1 Å². The summed E-state index contributed by atoms with van der Waals surface area (Å²) < 4.78 is 27.6. The molecule has 3 rings (SSSR count). The van der Waals surface area contributed by atoms with E-state index < -0.39 is 10.0 Å². The number of nitrogens with one attached hydrogen (secondary N) is 2. The fraction of sp³-hybridized carbons (Fsp3) is 0.333. The number of carbonyl (C=O) groups is 2. The first-order chi connectivity index (χ1) is 15.8. The largest absolute Gasteiger partial charge is 0.352 e. The molecule has 0 atom stereocenters. The van der Waals surface area contributed by atoms with E-state index >= 15 is 0 Å². The predicted molar refractivity (Wildman–Crippen MR) is 130 cm³/mol. The molecule has 0 aromatic heterocycles. The molecule has 0 radical (unpaired) electrons. The Balaban J connectivity index is 1.48. The van der Waals surface area contributed by atoms with Gasteiger partial charge in [-0.2, -0.15) is 0 Å². The van der Waals surface area contributed by atoms with Crippen molar-refractivity contribution in [2.24, 2.45) is 0 Å². The number of halogens is 1. The maximum Gasteiger partial charge on any atom is 0.261 e. The number of rotatable bonds is 8. The summed E-state index contributed by atoms with van der Waals surface area (Å²) in [4.78, 5) is 26.3. The van der Waals surface area contributed by atoms with Crippen LogP contribution in [0, 0.1) is 0 Å². The highest BCUT2D eigenvalue weighted by atomic mass is 35.5. The zero-order valence-corrected chi connectivity index (χ0v) is 19.9. The molecule has 176 valence electrons. The number of benzene rings is 2. The van der Waals surface area contributed by atoms with Crippen molar-refractivity contribution in [2.45, 2.75) is 37.0 Å². The van der Waals surface area contributed by atoms with Crippen molar-refractivity contribution in [2.75, 3.05) is 24.4 Å². The van der Waals surface area contributed by atoms with Crippen LogP contribution in [0.5, 0.6) is 0 Å². The highest BCUT2D eigenvalue weighted by Crippen LogP contribution is 2.24. The summed E-state index contributed by atoms with van der Waals surface area (Å²) in [5.41, 5.74) is 0.969. The van der Waals surface area contributed by atoms with Crippen molar-refractivity contribution >= 4 is 45.2 Å². The van der Waals surface area contributed by atoms with Crippen molar-refractivity contribution < 1.29 is 18.0 Å². The Labute approximate surface area is 199 Å². The quantitative estimate of drug-likeness (QED) is 0.546. The molecule has 0 bridgehead atoms. The second-order valence-electron chi connectivity index (χ2n) is 7.82. The smallest absolute Gasteiger partial charge is 0.261 e. The second-order valence-corrected chi connectivity index (χ2v) is 9.91. The maximum absolute atomic E-state index is 12.6. The van der Waals surface area contributed by atoms with E-state index in [-0.39, 0.29) is 29.7 Å². The third-order valence-electron chi connectivity index (χ3n) is 5.33. The van der Waals surface area contributed by atoms with Crippen LogP contribution in [0.2, 0.25) is 5.02 Å². The van der Waals surface area contributed by atoms with Crippen molar-refractivity contribution in [1.29, 1.82) is 0 Å². The van der Waals surface area contributed by atoms with Crippen molar-refractivity contribution in [3.05, 3.63) is 65.2 Å². The predicted octanol–water partition coefficient (Wildman–Crippen LogP) is 4.06. The lowest BCUT2D eigenvalue weighted by atomic mass is 10.2. The Bertz CT molecular complexity index is 1090. The van der Waals surface area contributed by atoms with E-state index in [1.807, 2.05) is 4.90 Å². The molecular formula is C24H28ClN3O4S. The minimum atomic E-state index is -3.79. The van der Waals surface area contributed by atoms with Crippen LogP contribution in [0.1, 0.15) is 37.7 Å². The Morgan fingerprint density at radius 1 is 0.970 bits per heavy atom. The highest BCUT2D eigenvalue weighted by Gasteiger charge is 2.16. The number of hydrogen-bond donors (Lipinski definition) is 2. The van der Waals surface area contributed by atoms with E-state index in [2.05, 4.69) is 10.0 Å². The Hall–Kier alpha value is -2.84. The number of para-hydroxylation sites is 1. The summed E-state index contributed by atoms with van der Waals surface area (Å²) >= 11 is 6.02. The van der Waals surface area contributed by atoms with Gasteiger partial charge in [-0.1, -0.05) is 48.7 Å². The normalized spacial score (nSPS) is 14.6. The highest BCUT2D eigenvalue weighted by molar-refractivity contribution is 7.92. The number of hydrogen-bond acceptors (Lipinski definition) is 4. The zero-order valence-electron chi connectivity index (χ0n) is 18.3. The first-order valence-corrected chi connectivity index (χ1v) is 12.8. The SMILES string of the molecule is O=C(/C=C/c1ccc(S(=O)(=O)Nc2ccccc2Cl)cc1)NCCC(=O)N1CCCCCC1. The van der Waals surface area contributed by atoms with E-state index in [1.165, 1.54) is 18.2 Å². The molecule has 0 saturated carbocycles. The lowest BCUT2D eigenvalue weighted by Gasteiger charge is -2.20. The van der Waals surface area contributed by atoms with Crippen LogP contribution in [0.4, 0.5) is 5.69 Å². The number of sulfonamides is 1. The topological polar surface area (TPSA) is 95.6 Å². The fourth-order valence-corrected chi connectivity index (χ4v) is 4.83. The van der Waals surface area contributed by atoms with Crippen molar-refractivity contribution in [3.63, 3.8) is 0 Å². The Morgan fingerprint density at radius 2 is 1.64 bits per heavy atom. The van der Waals surface area contributed by atoms with Gasteiger partial charge in [0.1, 0.15) is 0 Å². The van der Waals surface area contributed by atoms with Gasteiger partial charge in [-0.15, -0.1) is 0 Å². The van der Waals surface area contributed by atoms with Crippen LogP contribution >= 0.6 is 11.6 Å². The van der Waals surface area contributed by atoms with Gasteiger partial charge in [-0.25, -0.2) is 8.42 Å². The molecule has 2 N–H and O–H groups in total. The Morgan fingerprint density at radius 3 is 2.30 bits per heavy atom. The monoisotopic (exact) mass is 489 g/mol. The van der Waals surface area contributed by atoms with Gasteiger partial charge < -0.3 is 10.2 Å². The summed E-state index contributed by atoms with van der Waals surface area (Å²) in [6.07, 6.45) is 7.64. The molecule has 33 heavy (non-hydrogen) atoms. The summed E-state index contributed by atoms with van der Waals surface area (Å²) in [5, 5.41) is 3.02. The van der Waals surface area contributed by atoms with Crippen LogP contribution in [-0.4, -0.2) is 44.8 Å². The average Bonchev–Trinajstić information content (AvgIpc) is 3.09. The fourth-order valence-electron chi connectivity index (χ4n) is 3.51. The number of anilines is 1. The van der Waals surface area contributed by atoms with Crippen LogP contribution in [-0.2, 0) is 19.6 Å². The lowest BCUT2D eigenvalue weighted by molar-refractivity contribution is -0.131. The summed E-state index contributed by atoms with van der Waals surface area (Å²) in [5.74, 6) is -0.237. The van der Waals surface area contributed by atoms with E-state index in [9.17, 15) is 18.0 Å². The molecule has 1 saturated heterocycles. The number of nitrogens with zero attached hydrogens (tertiary/aromatic N) is 1. The van der Waals surface area contributed by atoms with Gasteiger partial charge in [0.05, 0.1) is 15.6 Å². The van der Waals surface area contributed by atoms with Crippen LogP contribution in [0.25, 0.3) is 6.08 Å². The molecule has 7 nitrogen and oxygen atoms in total. The number of carbonyl (C=O) groups excluding carboxylic acids is 2. The molecule has 2 aromatic carbocycles.